The highest BCUT2D eigenvalue weighted by Crippen LogP contribution is 2.20. The molecule has 2 heterocycles. The highest BCUT2D eigenvalue weighted by Gasteiger charge is 2.13. The van der Waals surface area contributed by atoms with E-state index in [1.54, 1.807) is 0 Å². The zero-order valence-electron chi connectivity index (χ0n) is 12.2. The van der Waals surface area contributed by atoms with Crippen LogP contribution >= 0.6 is 0 Å². The van der Waals surface area contributed by atoms with E-state index in [1.807, 2.05) is 17.1 Å². The molecule has 0 unspecified atom stereocenters. The number of hydrogen-bond donors (Lipinski definition) is 1. The third-order valence-corrected chi connectivity index (χ3v) is 3.48. The number of hydrogen-bond acceptors (Lipinski definition) is 3. The van der Waals surface area contributed by atoms with Gasteiger partial charge in [0.05, 0.1) is 17.6 Å². The van der Waals surface area contributed by atoms with Crippen LogP contribution in [-0.2, 0) is 13.0 Å². The van der Waals surface area contributed by atoms with E-state index in [4.69, 9.17) is 0 Å². The van der Waals surface area contributed by atoms with Gasteiger partial charge in [-0.1, -0.05) is 13.8 Å². The average Bonchev–Trinajstić information content (AvgIpc) is 2.71. The molecule has 0 aliphatic heterocycles. The molecular weight excluding hydrogens is 236 g/mol. The normalized spacial score (nSPS) is 10.9. The van der Waals surface area contributed by atoms with Crippen molar-refractivity contribution in [1.29, 1.82) is 0 Å². The molecule has 0 bridgehead atoms. The third-order valence-electron chi connectivity index (χ3n) is 3.48. The first-order chi connectivity index (χ1) is 9.19. The Bertz CT molecular complexity index is 557. The van der Waals surface area contributed by atoms with Crippen molar-refractivity contribution in [3.05, 3.63) is 41.0 Å². The smallest absolute Gasteiger partial charge is 0.0876 e. The largest absolute Gasteiger partial charge is 0.313 e. The van der Waals surface area contributed by atoms with Gasteiger partial charge in [-0.05, 0) is 44.0 Å². The Hall–Kier alpha value is -1.68. The second kappa shape index (κ2) is 5.97. The second-order valence-corrected chi connectivity index (χ2v) is 4.70. The van der Waals surface area contributed by atoms with Gasteiger partial charge in [-0.25, -0.2) is 4.68 Å². The first-order valence-electron chi connectivity index (χ1n) is 6.88. The summed E-state index contributed by atoms with van der Waals surface area (Å²) in [5, 5.41) is 8.03. The Kier molecular flexibility index (Phi) is 4.32. The Morgan fingerprint density at radius 2 is 2.05 bits per heavy atom. The van der Waals surface area contributed by atoms with Gasteiger partial charge < -0.3 is 5.32 Å². The molecular formula is C15H22N4. The fourth-order valence-electron chi connectivity index (χ4n) is 2.44. The van der Waals surface area contributed by atoms with E-state index < -0.39 is 0 Å². The topological polar surface area (TPSA) is 42.7 Å². The van der Waals surface area contributed by atoms with Gasteiger partial charge in [-0.3, -0.25) is 4.98 Å². The van der Waals surface area contributed by atoms with Crippen molar-refractivity contribution in [2.75, 3.05) is 6.54 Å². The maximum Gasteiger partial charge on any atom is 0.0876 e. The number of nitrogens with one attached hydrogen (secondary N) is 1. The molecule has 0 aliphatic carbocycles. The lowest BCUT2D eigenvalue weighted by Crippen LogP contribution is -2.15. The summed E-state index contributed by atoms with van der Waals surface area (Å²) in [6.07, 6.45) is 4.74. The monoisotopic (exact) mass is 258 g/mol. The predicted molar refractivity (Wildman–Crippen MR) is 77.6 cm³/mol. The number of rotatable bonds is 5. The minimum atomic E-state index is 0.841. The van der Waals surface area contributed by atoms with Crippen molar-refractivity contribution in [1.82, 2.24) is 20.1 Å². The van der Waals surface area contributed by atoms with Crippen LogP contribution in [0.15, 0.2) is 18.5 Å². The minimum absolute atomic E-state index is 0.841. The summed E-state index contributed by atoms with van der Waals surface area (Å²) in [5.74, 6) is 0. The third kappa shape index (κ3) is 2.68. The standard InChI is InChI=1S/C15H22N4/c1-5-14-11(3)18-19(12(14)4)15-10-17-8-7-13(15)9-16-6-2/h7-8,10,16H,5-6,9H2,1-4H3. The van der Waals surface area contributed by atoms with E-state index in [9.17, 15) is 0 Å². The number of pyridine rings is 1. The molecule has 1 N–H and O–H groups in total. The molecule has 0 saturated heterocycles. The van der Waals surface area contributed by atoms with E-state index in [2.05, 4.69) is 49.2 Å². The zero-order valence-corrected chi connectivity index (χ0v) is 12.2. The Morgan fingerprint density at radius 3 is 2.68 bits per heavy atom. The fraction of sp³-hybridized carbons (Fsp3) is 0.467. The van der Waals surface area contributed by atoms with Crippen LogP contribution in [0.2, 0.25) is 0 Å². The maximum atomic E-state index is 4.67. The number of nitrogens with zero attached hydrogens (tertiary/aromatic N) is 3. The highest BCUT2D eigenvalue weighted by molar-refractivity contribution is 5.41. The van der Waals surface area contributed by atoms with Gasteiger partial charge >= 0.3 is 0 Å². The Morgan fingerprint density at radius 1 is 1.26 bits per heavy atom. The highest BCUT2D eigenvalue weighted by atomic mass is 15.3. The molecule has 2 aromatic rings. The Balaban J connectivity index is 2.47. The molecule has 0 atom stereocenters. The summed E-state index contributed by atoms with van der Waals surface area (Å²) in [7, 11) is 0. The number of aryl methyl sites for hydroxylation is 1. The van der Waals surface area contributed by atoms with Crippen molar-refractivity contribution in [2.45, 2.75) is 40.7 Å². The summed E-state index contributed by atoms with van der Waals surface area (Å²) >= 11 is 0. The lowest BCUT2D eigenvalue weighted by molar-refractivity contribution is 0.711. The molecule has 2 aromatic heterocycles. The SMILES string of the molecule is CCNCc1ccncc1-n1nc(C)c(CC)c1C. The lowest BCUT2D eigenvalue weighted by atomic mass is 10.1. The average molecular weight is 258 g/mol. The summed E-state index contributed by atoms with van der Waals surface area (Å²) in [6.45, 7) is 10.3. The number of aromatic nitrogens is 3. The molecule has 102 valence electrons. The molecule has 0 radical (unpaired) electrons. The molecule has 0 amide bonds. The Labute approximate surface area is 114 Å². The van der Waals surface area contributed by atoms with E-state index >= 15 is 0 Å². The minimum Gasteiger partial charge on any atom is -0.313 e. The van der Waals surface area contributed by atoms with Crippen molar-refractivity contribution in [2.24, 2.45) is 0 Å². The van der Waals surface area contributed by atoms with E-state index in [-0.39, 0.29) is 0 Å². The molecule has 0 saturated carbocycles. The quantitative estimate of drug-likeness (QED) is 0.896. The van der Waals surface area contributed by atoms with E-state index in [0.29, 0.717) is 0 Å². The fourth-order valence-corrected chi connectivity index (χ4v) is 2.44. The van der Waals surface area contributed by atoms with Crippen LogP contribution < -0.4 is 5.32 Å². The molecule has 0 fully saturated rings. The predicted octanol–water partition coefficient (Wildman–Crippen LogP) is 2.56. The van der Waals surface area contributed by atoms with Gasteiger partial charge in [0.1, 0.15) is 0 Å². The molecule has 4 heteroatoms. The maximum absolute atomic E-state index is 4.67. The molecule has 4 nitrogen and oxygen atoms in total. The van der Waals surface area contributed by atoms with Crippen LogP contribution in [0.3, 0.4) is 0 Å². The van der Waals surface area contributed by atoms with Crippen LogP contribution in [0.25, 0.3) is 5.69 Å². The first-order valence-corrected chi connectivity index (χ1v) is 6.88. The van der Waals surface area contributed by atoms with Crippen molar-refractivity contribution >= 4 is 0 Å². The van der Waals surface area contributed by atoms with E-state index in [0.717, 1.165) is 30.9 Å². The van der Waals surface area contributed by atoms with Gasteiger partial charge in [-0.15, -0.1) is 0 Å². The van der Waals surface area contributed by atoms with Gasteiger partial charge in [0.15, 0.2) is 0 Å². The molecule has 0 aliphatic rings. The summed E-state index contributed by atoms with van der Waals surface area (Å²) in [4.78, 5) is 4.25. The van der Waals surface area contributed by atoms with Crippen LogP contribution in [0, 0.1) is 13.8 Å². The van der Waals surface area contributed by atoms with Crippen LogP contribution in [0.5, 0.6) is 0 Å². The van der Waals surface area contributed by atoms with E-state index in [1.165, 1.54) is 16.8 Å². The zero-order chi connectivity index (χ0) is 13.8. The van der Waals surface area contributed by atoms with Gasteiger partial charge in [-0.2, -0.15) is 5.10 Å². The van der Waals surface area contributed by atoms with Crippen molar-refractivity contribution < 1.29 is 0 Å². The first kappa shape index (κ1) is 13.7. The van der Waals surface area contributed by atoms with Gasteiger partial charge in [0.2, 0.25) is 0 Å². The summed E-state index contributed by atoms with van der Waals surface area (Å²) in [6, 6.07) is 2.06. The lowest BCUT2D eigenvalue weighted by Gasteiger charge is -2.11. The molecule has 19 heavy (non-hydrogen) atoms. The summed E-state index contributed by atoms with van der Waals surface area (Å²) in [5.41, 5.74) is 5.95. The van der Waals surface area contributed by atoms with Gasteiger partial charge in [0.25, 0.3) is 0 Å². The van der Waals surface area contributed by atoms with Crippen molar-refractivity contribution in [3.8, 4) is 5.69 Å². The molecule has 0 aromatic carbocycles. The van der Waals surface area contributed by atoms with Crippen LogP contribution in [-0.4, -0.2) is 21.3 Å². The van der Waals surface area contributed by atoms with Crippen LogP contribution in [0.1, 0.15) is 36.4 Å². The molecule has 0 spiro atoms. The van der Waals surface area contributed by atoms with Gasteiger partial charge in [0, 0.05) is 18.4 Å². The van der Waals surface area contributed by atoms with Crippen LogP contribution in [0.4, 0.5) is 0 Å². The molecule has 2 rings (SSSR count). The van der Waals surface area contributed by atoms with Crippen molar-refractivity contribution in [3.63, 3.8) is 0 Å². The summed E-state index contributed by atoms with van der Waals surface area (Å²) < 4.78 is 2.02. The second-order valence-electron chi connectivity index (χ2n) is 4.70.